The monoisotopic (exact) mass is 287 g/mol. The van der Waals surface area contributed by atoms with E-state index in [0.29, 0.717) is 18.1 Å². The number of hydrogen-bond acceptors (Lipinski definition) is 2. The molecule has 21 heavy (non-hydrogen) atoms. The summed E-state index contributed by atoms with van der Waals surface area (Å²) in [6, 6.07) is 8.06. The van der Waals surface area contributed by atoms with Gasteiger partial charge in [-0.25, -0.2) is 0 Å². The summed E-state index contributed by atoms with van der Waals surface area (Å²) in [7, 11) is 0. The van der Waals surface area contributed by atoms with Crippen molar-refractivity contribution in [2.24, 2.45) is 5.41 Å². The number of carbonyl (C=O) groups is 1. The lowest BCUT2D eigenvalue weighted by Gasteiger charge is -2.17. The zero-order valence-corrected chi connectivity index (χ0v) is 13.2. The average Bonchev–Trinajstić information content (AvgIpc) is 2.77. The third-order valence-corrected chi connectivity index (χ3v) is 3.93. The molecule has 1 aromatic carbocycles. The van der Waals surface area contributed by atoms with Gasteiger partial charge in [-0.05, 0) is 55.4 Å². The molecule has 1 saturated carbocycles. The highest BCUT2D eigenvalue weighted by Gasteiger charge is 2.31. The van der Waals surface area contributed by atoms with E-state index in [2.05, 4.69) is 19.2 Å². The second-order valence-corrected chi connectivity index (χ2v) is 6.45. The predicted octanol–water partition coefficient (Wildman–Crippen LogP) is 3.79. The van der Waals surface area contributed by atoms with E-state index in [1.807, 2.05) is 37.3 Å². The molecule has 2 rings (SSSR count). The van der Waals surface area contributed by atoms with Crippen LogP contribution in [-0.2, 0) is 4.79 Å². The molecule has 1 N–H and O–H groups in total. The van der Waals surface area contributed by atoms with Crippen molar-refractivity contribution in [3.05, 3.63) is 35.9 Å². The normalized spacial score (nSPS) is 20.6. The first-order valence-electron chi connectivity index (χ1n) is 7.70. The van der Waals surface area contributed by atoms with Crippen LogP contribution >= 0.6 is 0 Å². The number of nitrogens with one attached hydrogen (secondary N) is 1. The second-order valence-electron chi connectivity index (χ2n) is 6.45. The Kier molecular flexibility index (Phi) is 5.05. The van der Waals surface area contributed by atoms with Crippen molar-refractivity contribution in [3.63, 3.8) is 0 Å². The lowest BCUT2D eigenvalue weighted by molar-refractivity contribution is -0.117. The van der Waals surface area contributed by atoms with Crippen LogP contribution < -0.4 is 10.1 Å². The molecule has 1 aliphatic rings. The molecule has 1 unspecified atom stereocenters. The van der Waals surface area contributed by atoms with Crippen LogP contribution in [0.1, 0.15) is 45.6 Å². The van der Waals surface area contributed by atoms with Crippen LogP contribution in [0.4, 0.5) is 0 Å². The fraction of sp³-hybridized carbons (Fsp3) is 0.500. The summed E-state index contributed by atoms with van der Waals surface area (Å²) >= 11 is 0. The van der Waals surface area contributed by atoms with Crippen molar-refractivity contribution >= 4 is 12.0 Å². The first-order valence-corrected chi connectivity index (χ1v) is 7.70. The van der Waals surface area contributed by atoms with Gasteiger partial charge in [-0.1, -0.05) is 26.0 Å². The van der Waals surface area contributed by atoms with Crippen molar-refractivity contribution in [1.29, 1.82) is 0 Å². The van der Waals surface area contributed by atoms with Gasteiger partial charge in [0, 0.05) is 12.1 Å². The number of rotatable bonds is 5. The van der Waals surface area contributed by atoms with E-state index < -0.39 is 0 Å². The van der Waals surface area contributed by atoms with Crippen LogP contribution in [0.25, 0.3) is 6.08 Å². The van der Waals surface area contributed by atoms with Crippen molar-refractivity contribution < 1.29 is 9.53 Å². The molecule has 3 nitrogen and oxygen atoms in total. The van der Waals surface area contributed by atoms with Crippen LogP contribution in [0.2, 0.25) is 0 Å². The van der Waals surface area contributed by atoms with Crippen LogP contribution in [0.3, 0.4) is 0 Å². The molecule has 0 saturated heterocycles. The quantitative estimate of drug-likeness (QED) is 0.837. The van der Waals surface area contributed by atoms with Crippen molar-refractivity contribution in [2.75, 3.05) is 6.61 Å². The highest BCUT2D eigenvalue weighted by molar-refractivity contribution is 5.91. The van der Waals surface area contributed by atoms with E-state index in [1.54, 1.807) is 6.08 Å². The van der Waals surface area contributed by atoms with Gasteiger partial charge in [-0.15, -0.1) is 0 Å². The summed E-state index contributed by atoms with van der Waals surface area (Å²) in [5, 5.41) is 3.09. The van der Waals surface area contributed by atoms with E-state index in [1.165, 1.54) is 6.42 Å². The summed E-state index contributed by atoms with van der Waals surface area (Å²) in [5.74, 6) is 0.846. The topological polar surface area (TPSA) is 38.3 Å². The molecule has 3 heteroatoms. The Morgan fingerprint density at radius 3 is 2.67 bits per heavy atom. The van der Waals surface area contributed by atoms with Crippen LogP contribution in [-0.4, -0.2) is 18.6 Å². The molecule has 1 aliphatic carbocycles. The van der Waals surface area contributed by atoms with Gasteiger partial charge < -0.3 is 10.1 Å². The average molecular weight is 287 g/mol. The Morgan fingerprint density at radius 1 is 1.38 bits per heavy atom. The fourth-order valence-corrected chi connectivity index (χ4v) is 2.82. The second kappa shape index (κ2) is 6.79. The molecule has 1 atom stereocenters. The Morgan fingerprint density at radius 2 is 2.10 bits per heavy atom. The number of hydrogen-bond donors (Lipinski definition) is 1. The molecule has 114 valence electrons. The zero-order chi connectivity index (χ0) is 15.3. The molecular formula is C18H25NO2. The van der Waals surface area contributed by atoms with E-state index in [0.717, 1.165) is 24.2 Å². The molecule has 0 aliphatic heterocycles. The Balaban J connectivity index is 1.84. The maximum atomic E-state index is 11.9. The molecule has 1 aromatic rings. The van der Waals surface area contributed by atoms with Gasteiger partial charge in [0.2, 0.25) is 5.91 Å². The molecule has 0 bridgehead atoms. The van der Waals surface area contributed by atoms with Crippen molar-refractivity contribution in [2.45, 2.75) is 46.1 Å². The van der Waals surface area contributed by atoms with E-state index in [4.69, 9.17) is 4.74 Å². The summed E-state index contributed by atoms with van der Waals surface area (Å²) in [6.45, 7) is 7.14. The molecule has 0 heterocycles. The Hall–Kier alpha value is -1.77. The molecule has 0 aromatic heterocycles. The standard InChI is InChI=1S/C18H25NO2/c1-4-21-16-8-5-14(6-9-16)7-10-17(20)19-15-11-12-18(2,3)13-15/h5-10,15H,4,11-13H2,1-3H3,(H,19,20)/b10-7+. The minimum absolute atomic E-state index is 0.00779. The molecular weight excluding hydrogens is 262 g/mol. The van der Waals surface area contributed by atoms with Gasteiger partial charge in [0.15, 0.2) is 0 Å². The largest absolute Gasteiger partial charge is 0.494 e. The maximum absolute atomic E-state index is 11.9. The van der Waals surface area contributed by atoms with Crippen molar-refractivity contribution in [1.82, 2.24) is 5.32 Å². The number of amides is 1. The van der Waals surface area contributed by atoms with Crippen LogP contribution in [0.5, 0.6) is 5.75 Å². The van der Waals surface area contributed by atoms with E-state index in [9.17, 15) is 4.79 Å². The number of carbonyl (C=O) groups excluding carboxylic acids is 1. The van der Waals surface area contributed by atoms with E-state index >= 15 is 0 Å². The predicted molar refractivity (Wildman–Crippen MR) is 86.2 cm³/mol. The lowest BCUT2D eigenvalue weighted by atomic mass is 9.92. The molecule has 0 radical (unpaired) electrons. The number of benzene rings is 1. The highest BCUT2D eigenvalue weighted by Crippen LogP contribution is 2.36. The van der Waals surface area contributed by atoms with Gasteiger partial charge in [0.05, 0.1) is 6.61 Å². The lowest BCUT2D eigenvalue weighted by Crippen LogP contribution is -2.32. The third kappa shape index (κ3) is 4.92. The summed E-state index contributed by atoms with van der Waals surface area (Å²) in [5.41, 5.74) is 1.36. The summed E-state index contributed by atoms with van der Waals surface area (Å²) in [4.78, 5) is 11.9. The number of ether oxygens (including phenoxy) is 1. The van der Waals surface area contributed by atoms with Gasteiger partial charge >= 0.3 is 0 Å². The summed E-state index contributed by atoms with van der Waals surface area (Å²) < 4.78 is 5.39. The van der Waals surface area contributed by atoms with Crippen LogP contribution in [0.15, 0.2) is 30.3 Å². The molecule has 1 fully saturated rings. The smallest absolute Gasteiger partial charge is 0.244 e. The van der Waals surface area contributed by atoms with Crippen molar-refractivity contribution in [3.8, 4) is 5.75 Å². The van der Waals surface area contributed by atoms with Gasteiger partial charge in [0.1, 0.15) is 5.75 Å². The highest BCUT2D eigenvalue weighted by atomic mass is 16.5. The van der Waals surface area contributed by atoms with Gasteiger partial charge in [0.25, 0.3) is 0 Å². The third-order valence-electron chi connectivity index (χ3n) is 3.93. The minimum atomic E-state index is -0.00779. The molecule has 1 amide bonds. The van der Waals surface area contributed by atoms with E-state index in [-0.39, 0.29) is 5.91 Å². The summed E-state index contributed by atoms with van der Waals surface area (Å²) in [6.07, 6.45) is 6.78. The Labute approximate surface area is 127 Å². The first-order chi connectivity index (χ1) is 9.98. The minimum Gasteiger partial charge on any atom is -0.494 e. The van der Waals surface area contributed by atoms with Gasteiger partial charge in [-0.2, -0.15) is 0 Å². The zero-order valence-electron chi connectivity index (χ0n) is 13.2. The van der Waals surface area contributed by atoms with Crippen LogP contribution in [0, 0.1) is 5.41 Å². The fourth-order valence-electron chi connectivity index (χ4n) is 2.82. The Bertz CT molecular complexity index is 502. The SMILES string of the molecule is CCOc1ccc(/C=C/C(=O)NC2CCC(C)(C)C2)cc1. The first kappa shape index (κ1) is 15.6. The van der Waals surface area contributed by atoms with Gasteiger partial charge in [-0.3, -0.25) is 4.79 Å². The molecule has 0 spiro atoms. The maximum Gasteiger partial charge on any atom is 0.244 e.